The lowest BCUT2D eigenvalue weighted by Gasteiger charge is -2.11. The van der Waals surface area contributed by atoms with E-state index < -0.39 is 5.97 Å². The number of hydrogen-bond acceptors (Lipinski definition) is 7. The Morgan fingerprint density at radius 2 is 1.56 bits per heavy atom. The van der Waals surface area contributed by atoms with Crippen molar-refractivity contribution in [3.63, 3.8) is 0 Å². The number of nitrogens with zero attached hydrogens (tertiary/aromatic N) is 1. The molecule has 3 aromatic rings. The molecule has 1 heterocycles. The quantitative estimate of drug-likeness (QED) is 0.268. The fourth-order valence-corrected chi connectivity index (χ4v) is 2.77. The molecule has 0 aliphatic carbocycles. The van der Waals surface area contributed by atoms with E-state index >= 15 is 0 Å². The van der Waals surface area contributed by atoms with Gasteiger partial charge in [-0.05, 0) is 48.6 Å². The average molecular weight is 456 g/mol. The van der Waals surface area contributed by atoms with Crippen molar-refractivity contribution in [2.75, 3.05) is 21.3 Å². The van der Waals surface area contributed by atoms with Crippen molar-refractivity contribution in [3.8, 4) is 23.0 Å². The first-order valence-corrected chi connectivity index (χ1v) is 9.31. The second kappa shape index (κ2) is 11.5. The van der Waals surface area contributed by atoms with E-state index in [1.54, 1.807) is 60.7 Å². The molecule has 0 amide bonds. The number of methoxy groups -OCH3 is 3. The summed E-state index contributed by atoms with van der Waals surface area (Å²) in [5.41, 5.74) is 1.37. The highest BCUT2D eigenvalue weighted by atomic mass is 35.5. The van der Waals surface area contributed by atoms with Gasteiger partial charge in [-0.3, -0.25) is 9.78 Å². The van der Waals surface area contributed by atoms with Crippen LogP contribution in [0.2, 0.25) is 0 Å². The van der Waals surface area contributed by atoms with Gasteiger partial charge in [0.15, 0.2) is 17.3 Å². The van der Waals surface area contributed by atoms with Crippen LogP contribution < -0.4 is 14.2 Å². The third-order valence-corrected chi connectivity index (χ3v) is 4.35. The highest BCUT2D eigenvalue weighted by Gasteiger charge is 2.11. The third-order valence-electron chi connectivity index (χ3n) is 4.35. The first kappa shape index (κ1) is 24.4. The van der Waals surface area contributed by atoms with Crippen molar-refractivity contribution < 1.29 is 28.5 Å². The van der Waals surface area contributed by atoms with Gasteiger partial charge in [-0.15, -0.1) is 12.4 Å². The minimum Gasteiger partial charge on any atom is -0.496 e. The van der Waals surface area contributed by atoms with Gasteiger partial charge in [-0.25, -0.2) is 4.79 Å². The number of pyridine rings is 1. The molecule has 0 atom stereocenters. The molecular weight excluding hydrogens is 434 g/mol. The number of ketones is 1. The number of benzene rings is 2. The fourth-order valence-electron chi connectivity index (χ4n) is 2.77. The summed E-state index contributed by atoms with van der Waals surface area (Å²) >= 11 is 0. The van der Waals surface area contributed by atoms with Crippen molar-refractivity contribution >= 4 is 30.2 Å². The van der Waals surface area contributed by atoms with Gasteiger partial charge in [0.25, 0.3) is 0 Å². The zero-order chi connectivity index (χ0) is 22.2. The lowest BCUT2D eigenvalue weighted by molar-refractivity contribution is 0.0600. The van der Waals surface area contributed by atoms with E-state index in [1.165, 1.54) is 33.6 Å². The summed E-state index contributed by atoms with van der Waals surface area (Å²) in [4.78, 5) is 28.4. The van der Waals surface area contributed by atoms with Gasteiger partial charge >= 0.3 is 5.97 Å². The molecule has 7 nitrogen and oxygen atoms in total. The Balaban J connectivity index is 0.00000363. The minimum absolute atomic E-state index is 0. The molecule has 32 heavy (non-hydrogen) atoms. The monoisotopic (exact) mass is 455 g/mol. The van der Waals surface area contributed by atoms with E-state index in [0.29, 0.717) is 39.8 Å². The topological polar surface area (TPSA) is 84.0 Å². The minimum atomic E-state index is -0.430. The number of para-hydroxylation sites is 1. The van der Waals surface area contributed by atoms with Crippen LogP contribution in [0, 0.1) is 0 Å². The van der Waals surface area contributed by atoms with Gasteiger partial charge in [0.2, 0.25) is 0 Å². The molecule has 0 saturated carbocycles. The van der Waals surface area contributed by atoms with E-state index in [2.05, 4.69) is 9.72 Å². The lowest BCUT2D eigenvalue weighted by Crippen LogP contribution is -2.00. The van der Waals surface area contributed by atoms with Crippen molar-refractivity contribution in [3.05, 3.63) is 83.7 Å². The molecule has 3 rings (SSSR count). The number of halogens is 1. The molecule has 0 fully saturated rings. The van der Waals surface area contributed by atoms with Gasteiger partial charge < -0.3 is 18.9 Å². The summed E-state index contributed by atoms with van der Waals surface area (Å²) in [6.45, 7) is 0. The van der Waals surface area contributed by atoms with Crippen molar-refractivity contribution in [1.82, 2.24) is 4.98 Å². The molecule has 0 spiro atoms. The third kappa shape index (κ3) is 5.86. The average Bonchev–Trinajstić information content (AvgIpc) is 2.82. The second-order valence-electron chi connectivity index (χ2n) is 6.28. The van der Waals surface area contributed by atoms with Gasteiger partial charge in [0.1, 0.15) is 11.5 Å². The van der Waals surface area contributed by atoms with E-state index in [-0.39, 0.29) is 18.2 Å². The normalized spacial score (nSPS) is 10.2. The van der Waals surface area contributed by atoms with Crippen LogP contribution in [0.1, 0.15) is 26.4 Å². The lowest BCUT2D eigenvalue weighted by atomic mass is 10.1. The summed E-state index contributed by atoms with van der Waals surface area (Å²) in [6, 6.07) is 15.1. The molecule has 2 aromatic carbocycles. The summed E-state index contributed by atoms with van der Waals surface area (Å²) in [7, 11) is 4.34. The number of ether oxygens (including phenoxy) is 4. The first-order chi connectivity index (χ1) is 15.0. The van der Waals surface area contributed by atoms with Crippen LogP contribution >= 0.6 is 12.4 Å². The van der Waals surface area contributed by atoms with Crippen molar-refractivity contribution in [2.24, 2.45) is 0 Å². The molecule has 166 valence electrons. The smallest absolute Gasteiger partial charge is 0.337 e. The molecular formula is C24H22ClNO6. The molecule has 0 saturated heterocycles. The first-order valence-electron chi connectivity index (χ1n) is 9.31. The van der Waals surface area contributed by atoms with Gasteiger partial charge in [0.05, 0.1) is 44.3 Å². The van der Waals surface area contributed by atoms with E-state index in [0.717, 1.165) is 0 Å². The largest absolute Gasteiger partial charge is 0.496 e. The van der Waals surface area contributed by atoms with Crippen LogP contribution in [0.3, 0.4) is 0 Å². The Morgan fingerprint density at radius 1 is 0.875 bits per heavy atom. The van der Waals surface area contributed by atoms with Gasteiger partial charge in [0, 0.05) is 6.07 Å². The standard InChI is InChI=1S/C24H21NO6.ClH/c1-28-21-7-5-4-6-19(21)20(26)13-10-17-14-22(23(29-2)15-25-17)31-18-11-8-16(9-12-18)24(27)30-3;/h4-15H,1-3H3;1H/b13-10+;. The summed E-state index contributed by atoms with van der Waals surface area (Å²) < 4.78 is 21.1. The van der Waals surface area contributed by atoms with Crippen LogP contribution in [-0.4, -0.2) is 38.1 Å². The van der Waals surface area contributed by atoms with Crippen LogP contribution in [0.25, 0.3) is 6.08 Å². The molecule has 0 radical (unpaired) electrons. The predicted molar refractivity (Wildman–Crippen MR) is 122 cm³/mol. The summed E-state index contributed by atoms with van der Waals surface area (Å²) in [6.07, 6.45) is 4.51. The van der Waals surface area contributed by atoms with Gasteiger partial charge in [-0.1, -0.05) is 12.1 Å². The van der Waals surface area contributed by atoms with Gasteiger partial charge in [-0.2, -0.15) is 0 Å². The molecule has 0 aliphatic heterocycles. The van der Waals surface area contributed by atoms with Crippen molar-refractivity contribution in [2.45, 2.75) is 0 Å². The molecule has 0 aliphatic rings. The summed E-state index contributed by atoms with van der Waals surface area (Å²) in [5.74, 6) is 1.19. The number of carbonyl (C=O) groups is 2. The van der Waals surface area contributed by atoms with E-state index in [9.17, 15) is 9.59 Å². The summed E-state index contributed by atoms with van der Waals surface area (Å²) in [5, 5.41) is 0. The molecule has 0 N–H and O–H groups in total. The predicted octanol–water partition coefficient (Wildman–Crippen LogP) is 5.00. The van der Waals surface area contributed by atoms with E-state index in [1.807, 2.05) is 0 Å². The Kier molecular flexibility index (Phi) is 8.80. The highest BCUT2D eigenvalue weighted by molar-refractivity contribution is 6.08. The number of rotatable bonds is 8. The van der Waals surface area contributed by atoms with Crippen LogP contribution in [0.15, 0.2) is 66.9 Å². The Hall–Kier alpha value is -3.84. The molecule has 0 unspecified atom stereocenters. The zero-order valence-corrected chi connectivity index (χ0v) is 18.5. The van der Waals surface area contributed by atoms with E-state index in [4.69, 9.17) is 14.2 Å². The van der Waals surface area contributed by atoms with Crippen LogP contribution in [-0.2, 0) is 4.74 Å². The zero-order valence-electron chi connectivity index (χ0n) is 17.7. The number of aromatic nitrogens is 1. The van der Waals surface area contributed by atoms with Crippen LogP contribution in [0.5, 0.6) is 23.0 Å². The fraction of sp³-hybridized carbons (Fsp3) is 0.125. The maximum Gasteiger partial charge on any atom is 0.337 e. The number of hydrogen-bond donors (Lipinski definition) is 0. The Labute approximate surface area is 192 Å². The maximum atomic E-state index is 12.5. The molecule has 0 bridgehead atoms. The molecule has 1 aromatic heterocycles. The Bertz CT molecular complexity index is 1110. The number of carbonyl (C=O) groups excluding carboxylic acids is 2. The maximum absolute atomic E-state index is 12.5. The SMILES string of the molecule is COC(=O)c1ccc(Oc2cc(/C=C/C(=O)c3ccccc3OC)ncc2OC)cc1.Cl. The number of allylic oxidation sites excluding steroid dienone is 1. The second-order valence-corrected chi connectivity index (χ2v) is 6.28. The highest BCUT2D eigenvalue weighted by Crippen LogP contribution is 2.32. The Morgan fingerprint density at radius 3 is 2.22 bits per heavy atom. The van der Waals surface area contributed by atoms with Crippen LogP contribution in [0.4, 0.5) is 0 Å². The molecule has 8 heteroatoms. The van der Waals surface area contributed by atoms with Crippen molar-refractivity contribution in [1.29, 1.82) is 0 Å². The number of esters is 1.